The van der Waals surface area contributed by atoms with Gasteiger partial charge in [-0.25, -0.2) is 0 Å². The Kier molecular flexibility index (Phi) is 7.72. The lowest BCUT2D eigenvalue weighted by atomic mass is 9.98. The highest BCUT2D eigenvalue weighted by molar-refractivity contribution is 5.25. The largest absolute Gasteiger partial charge is 0.381 e. The molecule has 3 N–H and O–H groups in total. The van der Waals surface area contributed by atoms with E-state index in [9.17, 15) is 0 Å². The first kappa shape index (κ1) is 16.2. The molecule has 1 atom stereocenters. The van der Waals surface area contributed by atoms with Crippen LogP contribution >= 0.6 is 0 Å². The maximum Gasteiger partial charge on any atom is 0.0481 e. The van der Waals surface area contributed by atoms with Gasteiger partial charge in [0, 0.05) is 19.3 Å². The van der Waals surface area contributed by atoms with Crippen LogP contribution in [0.3, 0.4) is 0 Å². The second kappa shape index (κ2) is 9.08. The molecule has 0 radical (unpaired) electrons. The SMILES string of the molecule is CCCOCCC(Cc1ccc(C(C)C)cc1)NN. The maximum atomic E-state index is 5.61. The molecule has 0 aromatic heterocycles. The van der Waals surface area contributed by atoms with Gasteiger partial charge in [0.2, 0.25) is 0 Å². The van der Waals surface area contributed by atoms with E-state index in [0.717, 1.165) is 32.5 Å². The van der Waals surface area contributed by atoms with Crippen molar-refractivity contribution in [3.63, 3.8) is 0 Å². The normalized spacial score (nSPS) is 12.9. The number of benzene rings is 1. The fourth-order valence-electron chi connectivity index (χ4n) is 2.04. The van der Waals surface area contributed by atoms with Crippen molar-refractivity contribution in [2.75, 3.05) is 13.2 Å². The lowest BCUT2D eigenvalue weighted by Crippen LogP contribution is -2.37. The number of hydrogen-bond acceptors (Lipinski definition) is 3. The summed E-state index contributed by atoms with van der Waals surface area (Å²) >= 11 is 0. The molecule has 0 fully saturated rings. The zero-order valence-corrected chi connectivity index (χ0v) is 12.5. The van der Waals surface area contributed by atoms with E-state index in [0.29, 0.717) is 5.92 Å². The molecule has 3 nitrogen and oxygen atoms in total. The van der Waals surface area contributed by atoms with Gasteiger partial charge in [-0.15, -0.1) is 0 Å². The Balaban J connectivity index is 2.41. The molecule has 1 aromatic carbocycles. The van der Waals surface area contributed by atoms with Gasteiger partial charge in [0.15, 0.2) is 0 Å². The highest BCUT2D eigenvalue weighted by Gasteiger charge is 2.08. The van der Waals surface area contributed by atoms with Gasteiger partial charge in [-0.2, -0.15) is 0 Å². The highest BCUT2D eigenvalue weighted by Crippen LogP contribution is 2.15. The summed E-state index contributed by atoms with van der Waals surface area (Å²) in [5, 5.41) is 0. The molecule has 1 unspecified atom stereocenters. The van der Waals surface area contributed by atoms with Gasteiger partial charge < -0.3 is 4.74 Å². The van der Waals surface area contributed by atoms with E-state index in [-0.39, 0.29) is 6.04 Å². The average molecular weight is 264 g/mol. The number of hydrogen-bond donors (Lipinski definition) is 2. The van der Waals surface area contributed by atoms with Gasteiger partial charge in [-0.05, 0) is 36.3 Å². The molecule has 0 aliphatic heterocycles. The van der Waals surface area contributed by atoms with Gasteiger partial charge in [0.1, 0.15) is 0 Å². The number of hydrazine groups is 1. The molecule has 0 heterocycles. The van der Waals surface area contributed by atoms with Crippen LogP contribution in [0.2, 0.25) is 0 Å². The van der Waals surface area contributed by atoms with Crippen molar-refractivity contribution < 1.29 is 4.74 Å². The second-order valence-electron chi connectivity index (χ2n) is 5.37. The zero-order chi connectivity index (χ0) is 14.1. The van der Waals surface area contributed by atoms with Crippen molar-refractivity contribution in [2.24, 2.45) is 5.84 Å². The monoisotopic (exact) mass is 264 g/mol. The Hall–Kier alpha value is -0.900. The summed E-state index contributed by atoms with van der Waals surface area (Å²) < 4.78 is 5.51. The molecule has 108 valence electrons. The molecular formula is C16H28N2O. The summed E-state index contributed by atoms with van der Waals surface area (Å²) in [5.41, 5.74) is 5.59. The Morgan fingerprint density at radius 2 is 1.84 bits per heavy atom. The molecular weight excluding hydrogens is 236 g/mol. The molecule has 0 bridgehead atoms. The quantitative estimate of drug-likeness (QED) is 0.409. The molecule has 0 amide bonds. The summed E-state index contributed by atoms with van der Waals surface area (Å²) in [4.78, 5) is 0. The predicted octanol–water partition coefficient (Wildman–Crippen LogP) is 3.00. The first-order valence-electron chi connectivity index (χ1n) is 7.30. The van der Waals surface area contributed by atoms with Crippen molar-refractivity contribution in [3.05, 3.63) is 35.4 Å². The van der Waals surface area contributed by atoms with E-state index < -0.39 is 0 Å². The first-order chi connectivity index (χ1) is 9.17. The van der Waals surface area contributed by atoms with E-state index in [2.05, 4.69) is 50.5 Å². The van der Waals surface area contributed by atoms with Gasteiger partial charge in [-0.3, -0.25) is 11.3 Å². The lowest BCUT2D eigenvalue weighted by Gasteiger charge is -2.16. The Morgan fingerprint density at radius 1 is 1.16 bits per heavy atom. The number of rotatable bonds is 9. The molecule has 0 aliphatic carbocycles. The molecule has 0 aliphatic rings. The molecule has 1 rings (SSSR count). The predicted molar refractivity (Wildman–Crippen MR) is 81.1 cm³/mol. The molecule has 1 aromatic rings. The van der Waals surface area contributed by atoms with Crippen molar-refractivity contribution in [2.45, 2.75) is 52.0 Å². The van der Waals surface area contributed by atoms with E-state index in [4.69, 9.17) is 10.6 Å². The Morgan fingerprint density at radius 3 is 2.37 bits per heavy atom. The second-order valence-corrected chi connectivity index (χ2v) is 5.37. The van der Waals surface area contributed by atoms with E-state index in [1.165, 1.54) is 11.1 Å². The fraction of sp³-hybridized carbons (Fsp3) is 0.625. The smallest absolute Gasteiger partial charge is 0.0481 e. The molecule has 0 saturated carbocycles. The van der Waals surface area contributed by atoms with Crippen molar-refractivity contribution in [1.29, 1.82) is 0 Å². The topological polar surface area (TPSA) is 47.3 Å². The maximum absolute atomic E-state index is 5.61. The summed E-state index contributed by atoms with van der Waals surface area (Å²) in [7, 11) is 0. The van der Waals surface area contributed by atoms with Crippen molar-refractivity contribution >= 4 is 0 Å². The molecule has 19 heavy (non-hydrogen) atoms. The van der Waals surface area contributed by atoms with Crippen LogP contribution in [0.1, 0.15) is 50.7 Å². The molecule has 0 saturated heterocycles. The Bertz CT molecular complexity index is 335. The van der Waals surface area contributed by atoms with Crippen molar-refractivity contribution in [3.8, 4) is 0 Å². The average Bonchev–Trinajstić information content (AvgIpc) is 2.42. The summed E-state index contributed by atoms with van der Waals surface area (Å²) in [6.07, 6.45) is 2.96. The van der Waals surface area contributed by atoms with Crippen LogP contribution in [0, 0.1) is 0 Å². The summed E-state index contributed by atoms with van der Waals surface area (Å²) in [5.74, 6) is 6.19. The van der Waals surface area contributed by atoms with Gasteiger partial charge in [0.05, 0.1) is 0 Å². The van der Waals surface area contributed by atoms with Crippen LogP contribution in [0.25, 0.3) is 0 Å². The highest BCUT2D eigenvalue weighted by atomic mass is 16.5. The van der Waals surface area contributed by atoms with Crippen LogP contribution in [0.15, 0.2) is 24.3 Å². The van der Waals surface area contributed by atoms with Crippen LogP contribution < -0.4 is 11.3 Å². The third-order valence-electron chi connectivity index (χ3n) is 3.32. The zero-order valence-electron chi connectivity index (χ0n) is 12.5. The number of nitrogens with one attached hydrogen (secondary N) is 1. The standard InChI is InChI=1S/C16H28N2O/c1-4-10-19-11-9-16(18-17)12-14-5-7-15(8-6-14)13(2)3/h5-8,13,16,18H,4,9-12,17H2,1-3H3. The third kappa shape index (κ3) is 6.19. The molecule has 3 heteroatoms. The van der Waals surface area contributed by atoms with Crippen LogP contribution in [-0.2, 0) is 11.2 Å². The van der Waals surface area contributed by atoms with Crippen molar-refractivity contribution in [1.82, 2.24) is 5.43 Å². The van der Waals surface area contributed by atoms with Gasteiger partial charge in [0.25, 0.3) is 0 Å². The van der Waals surface area contributed by atoms with Crippen LogP contribution in [0.4, 0.5) is 0 Å². The minimum Gasteiger partial charge on any atom is -0.381 e. The molecule has 0 spiro atoms. The Labute approximate surface area is 117 Å². The van der Waals surface area contributed by atoms with E-state index in [1.807, 2.05) is 0 Å². The minimum atomic E-state index is 0.279. The van der Waals surface area contributed by atoms with E-state index >= 15 is 0 Å². The lowest BCUT2D eigenvalue weighted by molar-refractivity contribution is 0.124. The van der Waals surface area contributed by atoms with Gasteiger partial charge in [-0.1, -0.05) is 45.0 Å². The van der Waals surface area contributed by atoms with Crippen LogP contribution in [-0.4, -0.2) is 19.3 Å². The van der Waals surface area contributed by atoms with Gasteiger partial charge >= 0.3 is 0 Å². The van der Waals surface area contributed by atoms with Crippen LogP contribution in [0.5, 0.6) is 0 Å². The minimum absolute atomic E-state index is 0.279. The summed E-state index contributed by atoms with van der Waals surface area (Å²) in [6, 6.07) is 9.10. The van der Waals surface area contributed by atoms with E-state index in [1.54, 1.807) is 0 Å². The number of nitrogens with two attached hydrogens (primary N) is 1. The third-order valence-corrected chi connectivity index (χ3v) is 3.32. The summed E-state index contributed by atoms with van der Waals surface area (Å²) in [6.45, 7) is 8.15. The number of ether oxygens (including phenoxy) is 1. The first-order valence-corrected chi connectivity index (χ1v) is 7.30. The fourth-order valence-corrected chi connectivity index (χ4v) is 2.04.